The lowest BCUT2D eigenvalue weighted by Crippen LogP contribution is -1.88. The summed E-state index contributed by atoms with van der Waals surface area (Å²) in [5, 5.41) is 7.94. The first-order valence-corrected chi connectivity index (χ1v) is 2.13. The number of nitriles is 1. The molecule has 0 fully saturated rings. The van der Waals surface area contributed by atoms with E-state index < -0.39 is 0 Å². The van der Waals surface area contributed by atoms with E-state index in [4.69, 9.17) is 16.9 Å². The second-order valence-electron chi connectivity index (χ2n) is 0.980. The smallest absolute Gasteiger partial charge is 0.0668 e. The molecule has 0 aromatic carbocycles. The zero-order valence-corrected chi connectivity index (χ0v) is 4.07. The van der Waals surface area contributed by atoms with Crippen LogP contribution < -0.4 is 0 Å². The molecule has 0 spiro atoms. The normalized spacial score (nSPS) is 12.8. The summed E-state index contributed by atoms with van der Waals surface area (Å²) in [7, 11) is 0. The average Bonchev–Trinajstić information content (AvgIpc) is 1.65. The highest BCUT2D eigenvalue weighted by Crippen LogP contribution is 1.91. The van der Waals surface area contributed by atoms with E-state index >= 15 is 0 Å². The van der Waals surface area contributed by atoms with Gasteiger partial charge in [0.2, 0.25) is 0 Å². The zero-order valence-electron chi connectivity index (χ0n) is 3.32. The standard InChI is InChI=1S/C4H5ClN/c1-4(2-5)3-6/h4H,1-2H2. The first-order chi connectivity index (χ1) is 2.81. The molecule has 0 aromatic heterocycles. The van der Waals surface area contributed by atoms with Gasteiger partial charge in [-0.2, -0.15) is 5.26 Å². The molecule has 0 saturated carbocycles. The fourth-order valence-corrected chi connectivity index (χ4v) is 0.104. The Hall–Kier alpha value is -0.220. The van der Waals surface area contributed by atoms with E-state index in [0.717, 1.165) is 0 Å². The van der Waals surface area contributed by atoms with E-state index in [1.165, 1.54) is 0 Å². The van der Waals surface area contributed by atoms with Crippen molar-refractivity contribution in [1.82, 2.24) is 0 Å². The van der Waals surface area contributed by atoms with Gasteiger partial charge >= 0.3 is 0 Å². The molecule has 33 valence electrons. The van der Waals surface area contributed by atoms with Gasteiger partial charge in [0.25, 0.3) is 0 Å². The van der Waals surface area contributed by atoms with Gasteiger partial charge in [0.1, 0.15) is 0 Å². The maximum absolute atomic E-state index is 7.94. The molecule has 6 heavy (non-hydrogen) atoms. The monoisotopic (exact) mass is 102 g/mol. The summed E-state index contributed by atoms with van der Waals surface area (Å²) in [6, 6.07) is 1.87. The molecule has 1 atom stereocenters. The fraction of sp³-hybridized carbons (Fsp3) is 0.500. The Balaban J connectivity index is 3.04. The van der Waals surface area contributed by atoms with Crippen molar-refractivity contribution in [2.24, 2.45) is 5.92 Å². The topological polar surface area (TPSA) is 23.8 Å². The molecule has 0 saturated heterocycles. The van der Waals surface area contributed by atoms with Crippen LogP contribution in [0.5, 0.6) is 0 Å². The van der Waals surface area contributed by atoms with E-state index in [1.54, 1.807) is 0 Å². The van der Waals surface area contributed by atoms with Crippen molar-refractivity contribution >= 4 is 11.6 Å². The molecule has 0 rings (SSSR count). The van der Waals surface area contributed by atoms with E-state index in [2.05, 4.69) is 6.92 Å². The fourth-order valence-electron chi connectivity index (χ4n) is 0.0345. The van der Waals surface area contributed by atoms with Gasteiger partial charge in [-0.15, -0.1) is 11.6 Å². The third-order valence-electron chi connectivity index (χ3n) is 0.369. The number of nitrogens with zero attached hydrogens (tertiary/aromatic N) is 1. The van der Waals surface area contributed by atoms with Crippen LogP contribution >= 0.6 is 11.6 Å². The van der Waals surface area contributed by atoms with Crippen LogP contribution in [-0.4, -0.2) is 5.88 Å². The molecule has 0 bridgehead atoms. The maximum Gasteiger partial charge on any atom is 0.0668 e. The van der Waals surface area contributed by atoms with Crippen LogP contribution in [0.2, 0.25) is 0 Å². The van der Waals surface area contributed by atoms with E-state index in [9.17, 15) is 0 Å². The van der Waals surface area contributed by atoms with Gasteiger partial charge in [-0.1, -0.05) is 0 Å². The molecular weight excluding hydrogens is 97.5 g/mol. The molecule has 1 radical (unpaired) electrons. The highest BCUT2D eigenvalue weighted by atomic mass is 35.5. The summed E-state index contributed by atoms with van der Waals surface area (Å²) in [5.74, 6) is 0.0860. The van der Waals surface area contributed by atoms with Crippen molar-refractivity contribution in [3.05, 3.63) is 6.92 Å². The Kier molecular flexibility index (Phi) is 2.88. The third-order valence-corrected chi connectivity index (χ3v) is 0.741. The molecule has 0 aliphatic heterocycles. The largest absolute Gasteiger partial charge is 0.198 e. The first kappa shape index (κ1) is 5.78. The first-order valence-electron chi connectivity index (χ1n) is 1.60. The molecule has 1 unspecified atom stereocenters. The SMILES string of the molecule is [CH2]C(C#N)CCl. The summed E-state index contributed by atoms with van der Waals surface area (Å²) < 4.78 is 0. The number of hydrogen-bond acceptors (Lipinski definition) is 1. The lowest BCUT2D eigenvalue weighted by atomic mass is 10.3. The van der Waals surface area contributed by atoms with Crippen LogP contribution in [0.25, 0.3) is 0 Å². The Morgan fingerprint density at radius 1 is 2.00 bits per heavy atom. The third kappa shape index (κ3) is 2.04. The minimum absolute atomic E-state index is 0.244. The minimum Gasteiger partial charge on any atom is -0.198 e. The van der Waals surface area contributed by atoms with E-state index in [1.807, 2.05) is 6.07 Å². The summed E-state index contributed by atoms with van der Waals surface area (Å²) >= 11 is 5.17. The molecular formula is C4H5ClN. The predicted octanol–water partition coefficient (Wildman–Crippen LogP) is 1.20. The molecule has 0 heterocycles. The highest BCUT2D eigenvalue weighted by molar-refractivity contribution is 6.18. The van der Waals surface area contributed by atoms with Crippen molar-refractivity contribution < 1.29 is 0 Å². The van der Waals surface area contributed by atoms with Gasteiger partial charge in [-0.25, -0.2) is 0 Å². The lowest BCUT2D eigenvalue weighted by Gasteiger charge is -1.84. The van der Waals surface area contributed by atoms with Crippen molar-refractivity contribution in [2.45, 2.75) is 0 Å². The van der Waals surface area contributed by atoms with Crippen molar-refractivity contribution in [2.75, 3.05) is 5.88 Å². The van der Waals surface area contributed by atoms with Gasteiger partial charge in [0.05, 0.1) is 12.0 Å². The molecule has 0 N–H and O–H groups in total. The Morgan fingerprint density at radius 2 is 2.50 bits per heavy atom. The lowest BCUT2D eigenvalue weighted by molar-refractivity contribution is 0.963. The van der Waals surface area contributed by atoms with E-state index in [0.29, 0.717) is 5.88 Å². The number of hydrogen-bond donors (Lipinski definition) is 0. The Labute approximate surface area is 42.5 Å². The molecule has 2 heteroatoms. The number of rotatable bonds is 1. The Morgan fingerprint density at radius 3 is 2.50 bits per heavy atom. The van der Waals surface area contributed by atoms with Crippen LogP contribution in [0.1, 0.15) is 0 Å². The van der Waals surface area contributed by atoms with Gasteiger partial charge in [0.15, 0.2) is 0 Å². The number of halogens is 1. The summed E-state index contributed by atoms with van der Waals surface area (Å²) in [4.78, 5) is 0. The molecule has 0 aliphatic carbocycles. The second-order valence-corrected chi connectivity index (χ2v) is 1.29. The number of alkyl halides is 1. The Bertz CT molecular complexity index is 64.4. The zero-order chi connectivity index (χ0) is 4.99. The van der Waals surface area contributed by atoms with Gasteiger partial charge < -0.3 is 0 Å². The average molecular weight is 103 g/mol. The van der Waals surface area contributed by atoms with Crippen molar-refractivity contribution in [1.29, 1.82) is 5.26 Å². The maximum atomic E-state index is 7.94. The van der Waals surface area contributed by atoms with E-state index in [-0.39, 0.29) is 5.92 Å². The summed E-state index contributed by atoms with van der Waals surface area (Å²) in [6.07, 6.45) is 0. The molecule has 0 aromatic rings. The molecule has 0 aliphatic rings. The molecule has 0 amide bonds. The summed E-state index contributed by atoms with van der Waals surface area (Å²) in [5.41, 5.74) is 0. The van der Waals surface area contributed by atoms with Crippen LogP contribution in [0.3, 0.4) is 0 Å². The van der Waals surface area contributed by atoms with Gasteiger partial charge in [-0.3, -0.25) is 0 Å². The molecule has 1 nitrogen and oxygen atoms in total. The quantitative estimate of drug-likeness (QED) is 0.457. The summed E-state index contributed by atoms with van der Waals surface area (Å²) in [6.45, 7) is 3.38. The van der Waals surface area contributed by atoms with Gasteiger partial charge in [0, 0.05) is 5.88 Å². The van der Waals surface area contributed by atoms with Crippen LogP contribution in [-0.2, 0) is 0 Å². The van der Waals surface area contributed by atoms with Crippen molar-refractivity contribution in [3.63, 3.8) is 0 Å². The van der Waals surface area contributed by atoms with Crippen LogP contribution in [0, 0.1) is 24.2 Å². The minimum atomic E-state index is -0.244. The second kappa shape index (κ2) is 2.99. The predicted molar refractivity (Wildman–Crippen MR) is 25.2 cm³/mol. The highest BCUT2D eigenvalue weighted by Gasteiger charge is 1.90. The van der Waals surface area contributed by atoms with Crippen LogP contribution in [0.4, 0.5) is 0 Å². The van der Waals surface area contributed by atoms with Crippen LogP contribution in [0.15, 0.2) is 0 Å². The van der Waals surface area contributed by atoms with Gasteiger partial charge in [-0.05, 0) is 6.92 Å². The van der Waals surface area contributed by atoms with Crippen molar-refractivity contribution in [3.8, 4) is 6.07 Å².